The molecule has 0 spiro atoms. The van der Waals surface area contributed by atoms with Gasteiger partial charge in [-0.2, -0.15) is 0 Å². The molecule has 1 rings (SSSR count). The van der Waals surface area contributed by atoms with E-state index in [0.29, 0.717) is 13.2 Å². The standard InChI is InChI=1S/C18H26N2O8/c1-13(18(22)23)10-16(11-28-12-27-9-8-26-3)19(2)17(21)14-4-6-15(7-5-14)20(24)25/h4-7,13,16H,8-12H2,1-3H3,(H,22,23). The van der Waals surface area contributed by atoms with Crippen LogP contribution in [0, 0.1) is 16.0 Å². The molecule has 10 heteroatoms. The summed E-state index contributed by atoms with van der Waals surface area (Å²) in [5.74, 6) is -2.05. The maximum absolute atomic E-state index is 12.7. The normalized spacial score (nSPS) is 13.0. The number of hydrogen-bond donors (Lipinski definition) is 1. The number of nitro groups is 1. The maximum Gasteiger partial charge on any atom is 0.306 e. The summed E-state index contributed by atoms with van der Waals surface area (Å²) in [5.41, 5.74) is 0.143. The van der Waals surface area contributed by atoms with E-state index in [1.165, 1.54) is 36.2 Å². The van der Waals surface area contributed by atoms with Gasteiger partial charge in [0, 0.05) is 31.9 Å². The van der Waals surface area contributed by atoms with Crippen LogP contribution in [0.2, 0.25) is 0 Å². The van der Waals surface area contributed by atoms with E-state index in [1.807, 2.05) is 0 Å². The van der Waals surface area contributed by atoms with Gasteiger partial charge < -0.3 is 24.2 Å². The summed E-state index contributed by atoms with van der Waals surface area (Å²) in [6.45, 7) is 2.39. The Bertz CT molecular complexity index is 649. The molecule has 0 aliphatic heterocycles. The number of likely N-dealkylation sites (N-methyl/N-ethyl adjacent to an activating group) is 1. The van der Waals surface area contributed by atoms with Crippen LogP contribution in [0.4, 0.5) is 5.69 Å². The summed E-state index contributed by atoms with van der Waals surface area (Å²) in [6.07, 6.45) is 0.183. The number of carboxylic acid groups (broad SMARTS) is 1. The Morgan fingerprint density at radius 3 is 2.39 bits per heavy atom. The van der Waals surface area contributed by atoms with Crippen molar-refractivity contribution in [1.82, 2.24) is 4.90 Å². The van der Waals surface area contributed by atoms with Gasteiger partial charge >= 0.3 is 5.97 Å². The molecule has 2 unspecified atom stereocenters. The number of benzene rings is 1. The number of ether oxygens (including phenoxy) is 3. The summed E-state index contributed by atoms with van der Waals surface area (Å²) in [7, 11) is 3.09. The molecule has 1 aromatic rings. The summed E-state index contributed by atoms with van der Waals surface area (Å²) >= 11 is 0. The molecule has 0 aliphatic carbocycles. The Morgan fingerprint density at radius 1 is 1.21 bits per heavy atom. The molecule has 0 saturated heterocycles. The van der Waals surface area contributed by atoms with Gasteiger partial charge in [0.05, 0.1) is 36.7 Å². The summed E-state index contributed by atoms with van der Waals surface area (Å²) in [4.78, 5) is 35.5. The number of amides is 1. The molecule has 0 heterocycles. The zero-order chi connectivity index (χ0) is 21.1. The van der Waals surface area contributed by atoms with Crippen LogP contribution in [0.5, 0.6) is 0 Å². The third kappa shape index (κ3) is 7.59. The highest BCUT2D eigenvalue weighted by molar-refractivity contribution is 5.94. The van der Waals surface area contributed by atoms with E-state index in [4.69, 9.17) is 14.2 Å². The molecule has 1 N–H and O–H groups in total. The highest BCUT2D eigenvalue weighted by Gasteiger charge is 2.26. The Labute approximate surface area is 163 Å². The van der Waals surface area contributed by atoms with Gasteiger partial charge in [0.25, 0.3) is 11.6 Å². The van der Waals surface area contributed by atoms with Gasteiger partial charge in [-0.3, -0.25) is 19.7 Å². The molecule has 0 radical (unpaired) electrons. The van der Waals surface area contributed by atoms with Crippen LogP contribution in [0.1, 0.15) is 23.7 Å². The van der Waals surface area contributed by atoms with Crippen molar-refractivity contribution in [2.45, 2.75) is 19.4 Å². The highest BCUT2D eigenvalue weighted by Crippen LogP contribution is 2.17. The molecular formula is C18H26N2O8. The number of rotatable bonds is 13. The molecule has 0 saturated carbocycles. The molecular weight excluding hydrogens is 372 g/mol. The van der Waals surface area contributed by atoms with Crippen molar-refractivity contribution >= 4 is 17.6 Å². The number of nitrogens with zero attached hydrogens (tertiary/aromatic N) is 2. The van der Waals surface area contributed by atoms with Crippen LogP contribution < -0.4 is 0 Å². The molecule has 28 heavy (non-hydrogen) atoms. The number of carboxylic acids is 1. The number of methoxy groups -OCH3 is 1. The number of hydrogen-bond acceptors (Lipinski definition) is 7. The van der Waals surface area contributed by atoms with Gasteiger partial charge in [-0.15, -0.1) is 0 Å². The van der Waals surface area contributed by atoms with E-state index < -0.39 is 22.9 Å². The topological polar surface area (TPSA) is 128 Å². The van der Waals surface area contributed by atoms with Crippen molar-refractivity contribution in [3.63, 3.8) is 0 Å². The molecule has 1 amide bonds. The van der Waals surface area contributed by atoms with Crippen molar-refractivity contribution in [3.05, 3.63) is 39.9 Å². The van der Waals surface area contributed by atoms with Crippen LogP contribution in [0.15, 0.2) is 24.3 Å². The Morgan fingerprint density at radius 2 is 1.86 bits per heavy atom. The largest absolute Gasteiger partial charge is 0.481 e. The SMILES string of the molecule is COCCOCOCC(CC(C)C(=O)O)N(C)C(=O)c1ccc([N+](=O)[O-])cc1. The molecule has 10 nitrogen and oxygen atoms in total. The molecule has 2 atom stereocenters. The first-order valence-electron chi connectivity index (χ1n) is 8.66. The molecule has 0 bridgehead atoms. The minimum atomic E-state index is -0.975. The fraction of sp³-hybridized carbons (Fsp3) is 0.556. The number of nitro benzene ring substituents is 1. The summed E-state index contributed by atoms with van der Waals surface area (Å²) < 4.78 is 15.5. The van der Waals surface area contributed by atoms with E-state index >= 15 is 0 Å². The minimum Gasteiger partial charge on any atom is -0.481 e. The van der Waals surface area contributed by atoms with Gasteiger partial charge in [-0.1, -0.05) is 6.92 Å². The number of carbonyl (C=O) groups excluding carboxylic acids is 1. The fourth-order valence-corrected chi connectivity index (χ4v) is 2.39. The van der Waals surface area contributed by atoms with Crippen LogP contribution in [-0.4, -0.2) is 73.6 Å². The van der Waals surface area contributed by atoms with Crippen molar-refractivity contribution in [2.75, 3.05) is 40.8 Å². The lowest BCUT2D eigenvalue weighted by Gasteiger charge is -2.29. The zero-order valence-electron chi connectivity index (χ0n) is 16.2. The van der Waals surface area contributed by atoms with Crippen LogP contribution in [0.3, 0.4) is 0 Å². The van der Waals surface area contributed by atoms with Gasteiger partial charge in [0.1, 0.15) is 6.79 Å². The first kappa shape index (κ1) is 23.5. The van der Waals surface area contributed by atoms with E-state index in [1.54, 1.807) is 14.0 Å². The molecule has 0 aromatic heterocycles. The molecule has 0 aliphatic rings. The van der Waals surface area contributed by atoms with Crippen LogP contribution >= 0.6 is 0 Å². The number of carbonyl (C=O) groups is 2. The van der Waals surface area contributed by atoms with Crippen LogP contribution in [0.25, 0.3) is 0 Å². The predicted octanol–water partition coefficient (Wildman–Crippen LogP) is 1.78. The van der Waals surface area contributed by atoms with Gasteiger partial charge in [0.2, 0.25) is 0 Å². The third-order valence-corrected chi connectivity index (χ3v) is 4.15. The Balaban J connectivity index is 2.77. The zero-order valence-corrected chi connectivity index (χ0v) is 16.2. The first-order valence-corrected chi connectivity index (χ1v) is 8.66. The molecule has 0 fully saturated rings. The van der Waals surface area contributed by atoms with Gasteiger partial charge in [-0.25, -0.2) is 0 Å². The highest BCUT2D eigenvalue weighted by atomic mass is 16.7. The van der Waals surface area contributed by atoms with Crippen molar-refractivity contribution in [1.29, 1.82) is 0 Å². The maximum atomic E-state index is 12.7. The second-order valence-electron chi connectivity index (χ2n) is 6.24. The second kappa shape index (κ2) is 12.0. The summed E-state index contributed by atoms with van der Waals surface area (Å²) in [5, 5.41) is 19.9. The minimum absolute atomic E-state index is 0.0130. The average Bonchev–Trinajstić information content (AvgIpc) is 2.68. The van der Waals surface area contributed by atoms with Crippen molar-refractivity contribution < 1.29 is 33.8 Å². The van der Waals surface area contributed by atoms with Gasteiger partial charge in [-0.05, 0) is 18.6 Å². The Hall–Kier alpha value is -2.56. The molecule has 156 valence electrons. The number of aliphatic carboxylic acids is 1. The van der Waals surface area contributed by atoms with Gasteiger partial charge in [0.15, 0.2) is 0 Å². The third-order valence-electron chi connectivity index (χ3n) is 4.15. The van der Waals surface area contributed by atoms with Crippen molar-refractivity contribution in [3.8, 4) is 0 Å². The van der Waals surface area contributed by atoms with E-state index in [9.17, 15) is 24.8 Å². The number of non-ortho nitro benzene ring substituents is 1. The average molecular weight is 398 g/mol. The second-order valence-corrected chi connectivity index (χ2v) is 6.24. The quantitative estimate of drug-likeness (QED) is 0.230. The fourth-order valence-electron chi connectivity index (χ4n) is 2.39. The molecule has 1 aromatic carbocycles. The van der Waals surface area contributed by atoms with E-state index in [2.05, 4.69) is 0 Å². The van der Waals surface area contributed by atoms with Crippen LogP contribution in [-0.2, 0) is 19.0 Å². The lowest BCUT2D eigenvalue weighted by atomic mass is 10.0. The monoisotopic (exact) mass is 398 g/mol. The van der Waals surface area contributed by atoms with Crippen molar-refractivity contribution in [2.24, 2.45) is 5.92 Å². The first-order chi connectivity index (χ1) is 13.3. The summed E-state index contributed by atoms with van der Waals surface area (Å²) in [6, 6.07) is 4.71. The Kier molecular flexibility index (Phi) is 10.1. The lowest BCUT2D eigenvalue weighted by Crippen LogP contribution is -2.42. The van der Waals surface area contributed by atoms with E-state index in [-0.39, 0.29) is 37.0 Å². The predicted molar refractivity (Wildman–Crippen MR) is 99.0 cm³/mol. The lowest BCUT2D eigenvalue weighted by molar-refractivity contribution is -0.384. The smallest absolute Gasteiger partial charge is 0.306 e. The van der Waals surface area contributed by atoms with E-state index in [0.717, 1.165) is 0 Å².